The summed E-state index contributed by atoms with van der Waals surface area (Å²) in [6.45, 7) is 6.93. The zero-order valence-electron chi connectivity index (χ0n) is 20.0. The largest absolute Gasteiger partial charge is 0.354 e. The van der Waals surface area contributed by atoms with Crippen LogP contribution in [0.5, 0.6) is 0 Å². The molecule has 0 aromatic heterocycles. The summed E-state index contributed by atoms with van der Waals surface area (Å²) in [4.78, 5) is 37.2. The van der Waals surface area contributed by atoms with Crippen LogP contribution >= 0.6 is 0 Å². The number of urea groups is 1. The van der Waals surface area contributed by atoms with Crippen molar-refractivity contribution in [3.05, 3.63) is 30.3 Å². The lowest BCUT2D eigenvalue weighted by Crippen LogP contribution is -2.53. The predicted molar refractivity (Wildman–Crippen MR) is 130 cm³/mol. The number of carbonyl (C=O) groups excluding carboxylic acids is 3. The Labute approximate surface area is 193 Å². The first-order chi connectivity index (χ1) is 15.4. The van der Waals surface area contributed by atoms with Gasteiger partial charge in [-0.2, -0.15) is 0 Å². The predicted octanol–water partition coefficient (Wildman–Crippen LogP) is 4.60. The lowest BCUT2D eigenvalue weighted by Gasteiger charge is -2.20. The number of hydrogen-bond acceptors (Lipinski definition) is 3. The van der Waals surface area contributed by atoms with E-state index in [1.165, 1.54) is 25.7 Å². The minimum atomic E-state index is -0.805. The van der Waals surface area contributed by atoms with E-state index < -0.39 is 12.1 Å². The summed E-state index contributed by atoms with van der Waals surface area (Å²) in [7, 11) is 0. The molecule has 4 N–H and O–H groups in total. The van der Waals surface area contributed by atoms with Crippen molar-refractivity contribution < 1.29 is 14.4 Å². The Morgan fingerprint density at radius 1 is 0.875 bits per heavy atom. The van der Waals surface area contributed by atoms with E-state index in [4.69, 9.17) is 0 Å². The molecule has 1 aromatic carbocycles. The molecule has 0 bridgehead atoms. The standard InChI is InChI=1S/C25H42N4O3/c1-4-5-6-7-8-9-13-16-23(30)29-22(24(31)26-18-17-20(2)3)19-27-25(32)28-21-14-11-10-12-15-21/h10-12,14-15,20,22H,4-9,13,16-19H2,1-3H3,(H,26,31)(H,29,30)(H2,27,28,32)/t22-/m0/s1. The highest BCUT2D eigenvalue weighted by Gasteiger charge is 2.21. The maximum atomic E-state index is 12.6. The van der Waals surface area contributed by atoms with Gasteiger partial charge in [0, 0.05) is 25.2 Å². The highest BCUT2D eigenvalue weighted by atomic mass is 16.2. The molecule has 0 fully saturated rings. The summed E-state index contributed by atoms with van der Waals surface area (Å²) < 4.78 is 0. The van der Waals surface area contributed by atoms with Gasteiger partial charge in [0.2, 0.25) is 11.8 Å². The molecule has 4 amide bonds. The molecule has 0 spiro atoms. The van der Waals surface area contributed by atoms with E-state index in [0.29, 0.717) is 24.6 Å². The number of hydrogen-bond donors (Lipinski definition) is 4. The van der Waals surface area contributed by atoms with E-state index in [1.807, 2.05) is 18.2 Å². The first-order valence-corrected chi connectivity index (χ1v) is 12.1. The van der Waals surface area contributed by atoms with E-state index in [2.05, 4.69) is 42.0 Å². The molecule has 0 radical (unpaired) electrons. The number of para-hydroxylation sites is 1. The Bertz CT molecular complexity index is 664. The molecule has 0 heterocycles. The average molecular weight is 447 g/mol. The summed E-state index contributed by atoms with van der Waals surface area (Å²) in [6.07, 6.45) is 9.13. The van der Waals surface area contributed by atoms with Crippen LogP contribution in [-0.2, 0) is 9.59 Å². The van der Waals surface area contributed by atoms with Crippen LogP contribution in [0, 0.1) is 5.92 Å². The fraction of sp³-hybridized carbons (Fsp3) is 0.640. The minimum Gasteiger partial charge on any atom is -0.354 e. The van der Waals surface area contributed by atoms with Gasteiger partial charge in [0.1, 0.15) is 6.04 Å². The van der Waals surface area contributed by atoms with Gasteiger partial charge in [-0.25, -0.2) is 4.79 Å². The summed E-state index contributed by atoms with van der Waals surface area (Å²) in [5, 5.41) is 11.1. The van der Waals surface area contributed by atoms with E-state index >= 15 is 0 Å². The van der Waals surface area contributed by atoms with Crippen LogP contribution in [0.25, 0.3) is 0 Å². The molecule has 0 aliphatic carbocycles. The number of anilines is 1. The van der Waals surface area contributed by atoms with Crippen molar-refractivity contribution in [2.75, 3.05) is 18.4 Å². The van der Waals surface area contributed by atoms with Gasteiger partial charge in [-0.15, -0.1) is 0 Å². The highest BCUT2D eigenvalue weighted by molar-refractivity contribution is 5.91. The summed E-state index contributed by atoms with van der Waals surface area (Å²) in [5.74, 6) is 0.0295. The molecule has 180 valence electrons. The van der Waals surface area contributed by atoms with Gasteiger partial charge < -0.3 is 21.3 Å². The molecule has 1 aromatic rings. The molecular weight excluding hydrogens is 404 g/mol. The van der Waals surface area contributed by atoms with Crippen molar-refractivity contribution in [2.45, 2.75) is 84.6 Å². The molecule has 7 heteroatoms. The Morgan fingerprint density at radius 3 is 2.19 bits per heavy atom. The second-order valence-electron chi connectivity index (χ2n) is 8.67. The number of amides is 4. The van der Waals surface area contributed by atoms with Crippen molar-refractivity contribution in [2.24, 2.45) is 5.92 Å². The van der Waals surface area contributed by atoms with Crippen LogP contribution in [0.1, 0.15) is 78.6 Å². The van der Waals surface area contributed by atoms with E-state index in [1.54, 1.807) is 12.1 Å². The van der Waals surface area contributed by atoms with Crippen LogP contribution in [0.4, 0.5) is 10.5 Å². The lowest BCUT2D eigenvalue weighted by atomic mass is 10.1. The molecule has 0 saturated heterocycles. The molecular formula is C25H42N4O3. The summed E-state index contributed by atoms with van der Waals surface area (Å²) in [5.41, 5.74) is 0.658. The van der Waals surface area contributed by atoms with Crippen molar-refractivity contribution in [1.82, 2.24) is 16.0 Å². The Morgan fingerprint density at radius 2 is 1.53 bits per heavy atom. The van der Waals surface area contributed by atoms with Gasteiger partial charge in [0.15, 0.2) is 0 Å². The first-order valence-electron chi connectivity index (χ1n) is 12.1. The molecule has 32 heavy (non-hydrogen) atoms. The van der Waals surface area contributed by atoms with Crippen LogP contribution in [0.2, 0.25) is 0 Å². The molecule has 0 unspecified atom stereocenters. The monoisotopic (exact) mass is 446 g/mol. The van der Waals surface area contributed by atoms with Crippen molar-refractivity contribution in [3.8, 4) is 0 Å². The average Bonchev–Trinajstić information content (AvgIpc) is 2.76. The van der Waals surface area contributed by atoms with Crippen LogP contribution in [0.15, 0.2) is 30.3 Å². The summed E-state index contributed by atoms with van der Waals surface area (Å²) >= 11 is 0. The number of rotatable bonds is 16. The fourth-order valence-electron chi connectivity index (χ4n) is 3.22. The van der Waals surface area contributed by atoms with Gasteiger partial charge in [-0.3, -0.25) is 9.59 Å². The second-order valence-corrected chi connectivity index (χ2v) is 8.67. The van der Waals surface area contributed by atoms with Gasteiger partial charge in [0.25, 0.3) is 0 Å². The van der Waals surface area contributed by atoms with Crippen molar-refractivity contribution in [3.63, 3.8) is 0 Å². The third-order valence-corrected chi connectivity index (χ3v) is 5.18. The van der Waals surface area contributed by atoms with E-state index in [0.717, 1.165) is 25.7 Å². The van der Waals surface area contributed by atoms with Crippen LogP contribution in [-0.4, -0.2) is 37.0 Å². The topological polar surface area (TPSA) is 99.3 Å². The third kappa shape index (κ3) is 13.7. The fourth-order valence-corrected chi connectivity index (χ4v) is 3.22. The summed E-state index contributed by atoms with van der Waals surface area (Å²) in [6, 6.07) is 7.84. The van der Waals surface area contributed by atoms with E-state index in [9.17, 15) is 14.4 Å². The third-order valence-electron chi connectivity index (χ3n) is 5.18. The second kappa shape index (κ2) is 17.0. The van der Waals surface area contributed by atoms with Gasteiger partial charge in [-0.1, -0.05) is 77.5 Å². The molecule has 0 saturated carbocycles. The zero-order chi connectivity index (χ0) is 23.6. The van der Waals surface area contributed by atoms with Crippen LogP contribution in [0.3, 0.4) is 0 Å². The molecule has 1 rings (SSSR count). The van der Waals surface area contributed by atoms with Crippen molar-refractivity contribution in [1.29, 1.82) is 0 Å². The number of unbranched alkanes of at least 4 members (excludes halogenated alkanes) is 6. The van der Waals surface area contributed by atoms with Crippen LogP contribution < -0.4 is 21.3 Å². The van der Waals surface area contributed by atoms with Crippen molar-refractivity contribution >= 4 is 23.5 Å². The molecule has 1 atom stereocenters. The van der Waals surface area contributed by atoms with Gasteiger partial charge in [0.05, 0.1) is 0 Å². The zero-order valence-corrected chi connectivity index (χ0v) is 20.0. The highest BCUT2D eigenvalue weighted by Crippen LogP contribution is 2.08. The Kier molecular flexibility index (Phi) is 14.6. The van der Waals surface area contributed by atoms with Gasteiger partial charge >= 0.3 is 6.03 Å². The molecule has 0 aliphatic heterocycles. The maximum absolute atomic E-state index is 12.6. The Hall–Kier alpha value is -2.57. The number of benzene rings is 1. The lowest BCUT2D eigenvalue weighted by molar-refractivity contribution is -0.128. The smallest absolute Gasteiger partial charge is 0.319 e. The normalized spacial score (nSPS) is 11.6. The Balaban J connectivity index is 2.47. The first kappa shape index (κ1) is 27.5. The molecule has 7 nitrogen and oxygen atoms in total. The minimum absolute atomic E-state index is 0.0228. The SMILES string of the molecule is CCCCCCCCCC(=O)N[C@@H](CNC(=O)Nc1ccccc1)C(=O)NCCC(C)C. The quantitative estimate of drug-likeness (QED) is 0.279. The van der Waals surface area contributed by atoms with Gasteiger partial charge in [-0.05, 0) is 30.9 Å². The number of carbonyl (C=O) groups is 3. The van der Waals surface area contributed by atoms with E-state index in [-0.39, 0.29) is 18.4 Å². The number of nitrogens with one attached hydrogen (secondary N) is 4. The maximum Gasteiger partial charge on any atom is 0.319 e. The molecule has 0 aliphatic rings.